The van der Waals surface area contributed by atoms with Gasteiger partial charge < -0.3 is 9.80 Å². The van der Waals surface area contributed by atoms with Gasteiger partial charge in [-0.1, -0.05) is 109 Å². The lowest BCUT2D eigenvalue weighted by atomic mass is 10.0. The van der Waals surface area contributed by atoms with Gasteiger partial charge in [-0.2, -0.15) is 0 Å². The van der Waals surface area contributed by atoms with Crippen molar-refractivity contribution in [3.05, 3.63) is 194 Å². The number of rotatable bonds is 6. The van der Waals surface area contributed by atoms with Crippen molar-refractivity contribution in [1.29, 1.82) is 0 Å². The second kappa shape index (κ2) is 13.0. The second-order valence-electron chi connectivity index (χ2n) is 14.5. The molecule has 0 aliphatic heterocycles. The van der Waals surface area contributed by atoms with Crippen LogP contribution in [0.15, 0.2) is 194 Å². The van der Waals surface area contributed by atoms with E-state index in [1.54, 1.807) is 0 Å². The highest BCUT2D eigenvalue weighted by Gasteiger charge is 2.24. The Morgan fingerprint density at radius 2 is 0.789 bits per heavy atom. The largest absolute Gasteiger partial charge is 0.310 e. The number of hydrogen-bond acceptors (Lipinski definition) is 5. The van der Waals surface area contributed by atoms with Gasteiger partial charge in [-0.15, -0.1) is 34.0 Å². The summed E-state index contributed by atoms with van der Waals surface area (Å²) in [5, 5.41) is 10.3. The fourth-order valence-corrected chi connectivity index (χ4v) is 12.1. The summed E-state index contributed by atoms with van der Waals surface area (Å²) in [7, 11) is 0. The Morgan fingerprint density at radius 3 is 1.56 bits per heavy atom. The highest BCUT2D eigenvalue weighted by molar-refractivity contribution is 7.26. The van der Waals surface area contributed by atoms with E-state index < -0.39 is 0 Å². The summed E-state index contributed by atoms with van der Waals surface area (Å²) in [4.78, 5) is 4.93. The van der Waals surface area contributed by atoms with Gasteiger partial charge in [0.2, 0.25) is 0 Å². The van der Waals surface area contributed by atoms with E-state index in [9.17, 15) is 0 Å². The Hall–Kier alpha value is -6.50. The van der Waals surface area contributed by atoms with E-state index in [4.69, 9.17) is 0 Å². The summed E-state index contributed by atoms with van der Waals surface area (Å²) in [5.74, 6) is 0. The molecule has 5 heteroatoms. The first-order chi connectivity index (χ1) is 28.2. The molecule has 0 saturated carbocycles. The summed E-state index contributed by atoms with van der Waals surface area (Å²) in [5.41, 5.74) is 6.77. The monoisotopic (exact) mass is 780 g/mol. The Bertz CT molecular complexity index is 3490. The zero-order chi connectivity index (χ0) is 37.5. The quantitative estimate of drug-likeness (QED) is 0.166. The molecule has 3 heterocycles. The van der Waals surface area contributed by atoms with E-state index in [2.05, 4.69) is 204 Å². The first-order valence-electron chi connectivity index (χ1n) is 19.2. The normalized spacial score (nSPS) is 11.9. The lowest BCUT2D eigenvalue weighted by molar-refractivity contribution is 1.27. The minimum absolute atomic E-state index is 1.11. The van der Waals surface area contributed by atoms with Crippen molar-refractivity contribution in [3.63, 3.8) is 0 Å². The first-order valence-corrected chi connectivity index (χ1v) is 21.6. The number of benzene rings is 9. The van der Waals surface area contributed by atoms with Gasteiger partial charge in [0.15, 0.2) is 0 Å². The number of fused-ring (bicyclic) bond motifs is 11. The zero-order valence-electron chi connectivity index (χ0n) is 30.6. The number of thiophene rings is 3. The maximum Gasteiger partial charge on any atom is 0.0575 e. The molecule has 0 radical (unpaired) electrons. The van der Waals surface area contributed by atoms with Crippen molar-refractivity contribution < 1.29 is 0 Å². The van der Waals surface area contributed by atoms with E-state index in [1.807, 2.05) is 34.0 Å². The third kappa shape index (κ3) is 5.28. The molecule has 3 aromatic heterocycles. The van der Waals surface area contributed by atoms with Crippen LogP contribution < -0.4 is 9.80 Å². The maximum absolute atomic E-state index is 2.49. The van der Waals surface area contributed by atoms with Gasteiger partial charge in [0, 0.05) is 89.0 Å². The van der Waals surface area contributed by atoms with Crippen molar-refractivity contribution >= 4 is 139 Å². The predicted octanol–water partition coefficient (Wildman–Crippen LogP) is 16.9. The second-order valence-corrected chi connectivity index (χ2v) is 17.8. The molecule has 0 amide bonds. The average Bonchev–Trinajstić information content (AvgIpc) is 3.96. The summed E-state index contributed by atoms with van der Waals surface area (Å²) in [6.45, 7) is 0. The molecule has 9 aromatic carbocycles. The first kappa shape index (κ1) is 32.7. The third-order valence-electron chi connectivity index (χ3n) is 11.2. The lowest BCUT2D eigenvalue weighted by Crippen LogP contribution is -2.13. The van der Waals surface area contributed by atoms with Crippen LogP contribution in [0.3, 0.4) is 0 Å². The van der Waals surface area contributed by atoms with E-state index in [-0.39, 0.29) is 0 Å². The molecule has 0 N–H and O–H groups in total. The Balaban J connectivity index is 1.18. The number of para-hydroxylation sites is 2. The van der Waals surface area contributed by atoms with Crippen LogP contribution in [0.4, 0.5) is 34.1 Å². The Kier molecular flexibility index (Phi) is 7.48. The van der Waals surface area contributed by atoms with Gasteiger partial charge in [0.25, 0.3) is 0 Å². The molecule has 0 aliphatic carbocycles. The molecule has 0 aliphatic rings. The predicted molar refractivity (Wildman–Crippen MR) is 252 cm³/mol. The minimum atomic E-state index is 1.11. The van der Waals surface area contributed by atoms with E-state index in [1.165, 1.54) is 71.3 Å². The van der Waals surface area contributed by atoms with E-state index >= 15 is 0 Å². The minimum Gasteiger partial charge on any atom is -0.310 e. The molecule has 0 fully saturated rings. The van der Waals surface area contributed by atoms with Gasteiger partial charge in [0.05, 0.1) is 5.69 Å². The van der Waals surface area contributed by atoms with Crippen LogP contribution in [0.5, 0.6) is 0 Å². The molecule has 0 saturated heterocycles. The van der Waals surface area contributed by atoms with Crippen LogP contribution in [0.2, 0.25) is 0 Å². The van der Waals surface area contributed by atoms with Gasteiger partial charge in [0.1, 0.15) is 0 Å². The highest BCUT2D eigenvalue weighted by Crippen LogP contribution is 2.51. The average molecular weight is 781 g/mol. The molecule has 0 spiro atoms. The van der Waals surface area contributed by atoms with Crippen LogP contribution in [0, 0.1) is 0 Å². The Labute approximate surface area is 341 Å². The van der Waals surface area contributed by atoms with Crippen LogP contribution in [-0.4, -0.2) is 0 Å². The van der Waals surface area contributed by atoms with Crippen LogP contribution in [0.1, 0.15) is 0 Å². The summed E-state index contributed by atoms with van der Waals surface area (Å²) < 4.78 is 7.74. The SMILES string of the molecule is c1ccc(N(c2cc(N(c3ccccc3)c3ccc4c(c3)sc3ccccc34)c3c(c2)sc2ccc4ccccc4c23)c2ccc3sc4ccccc4c3c2)cc1. The molecule has 0 bridgehead atoms. The lowest BCUT2D eigenvalue weighted by Gasteiger charge is -2.30. The molecular formula is C52H32N2S3. The van der Waals surface area contributed by atoms with Gasteiger partial charge in [-0.3, -0.25) is 0 Å². The maximum atomic E-state index is 2.49. The van der Waals surface area contributed by atoms with Crippen molar-refractivity contribution in [1.82, 2.24) is 0 Å². The van der Waals surface area contributed by atoms with Crippen molar-refractivity contribution in [3.8, 4) is 0 Å². The van der Waals surface area contributed by atoms with Gasteiger partial charge >= 0.3 is 0 Å². The van der Waals surface area contributed by atoms with Gasteiger partial charge in [-0.05, 0) is 95.7 Å². The fraction of sp³-hybridized carbons (Fsp3) is 0. The number of nitrogens with zero attached hydrogens (tertiary/aromatic N) is 2. The van der Waals surface area contributed by atoms with Crippen LogP contribution in [0.25, 0.3) is 71.3 Å². The van der Waals surface area contributed by atoms with E-state index in [0.717, 1.165) is 34.1 Å². The molecule has 2 nitrogen and oxygen atoms in total. The van der Waals surface area contributed by atoms with E-state index in [0.29, 0.717) is 0 Å². The third-order valence-corrected chi connectivity index (χ3v) is 14.6. The highest BCUT2D eigenvalue weighted by atomic mass is 32.1. The van der Waals surface area contributed by atoms with Crippen molar-refractivity contribution in [2.24, 2.45) is 0 Å². The molecular weight excluding hydrogens is 749 g/mol. The molecule has 12 rings (SSSR count). The van der Waals surface area contributed by atoms with Crippen LogP contribution >= 0.6 is 34.0 Å². The van der Waals surface area contributed by atoms with Crippen molar-refractivity contribution in [2.75, 3.05) is 9.80 Å². The fourth-order valence-electron chi connectivity index (χ4n) is 8.67. The number of anilines is 6. The number of hydrogen-bond donors (Lipinski definition) is 0. The Morgan fingerprint density at radius 1 is 0.263 bits per heavy atom. The smallest absolute Gasteiger partial charge is 0.0575 e. The zero-order valence-corrected chi connectivity index (χ0v) is 33.0. The summed E-state index contributed by atoms with van der Waals surface area (Å²) >= 11 is 5.61. The van der Waals surface area contributed by atoms with Crippen LogP contribution in [-0.2, 0) is 0 Å². The summed E-state index contributed by atoms with van der Waals surface area (Å²) in [6.07, 6.45) is 0. The molecule has 57 heavy (non-hydrogen) atoms. The summed E-state index contributed by atoms with van der Waals surface area (Å²) in [6, 6.07) is 71.5. The standard InChI is InChI=1S/C52H32N2S3/c1-3-14-34(15-4-1)53(36-25-28-47-43(29-36)41-20-10-12-22-46(41)55-47)38-30-44(52-50(32-38)57-48-27-23-33-13-7-8-18-39(33)51(48)52)54(35-16-5-2-6-17-35)37-24-26-42-40-19-9-11-21-45(40)56-49(42)31-37/h1-32H. The molecule has 12 aromatic rings. The molecule has 0 atom stereocenters. The molecule has 268 valence electrons. The van der Waals surface area contributed by atoms with Crippen molar-refractivity contribution in [2.45, 2.75) is 0 Å². The topological polar surface area (TPSA) is 6.48 Å². The molecule has 0 unspecified atom stereocenters. The van der Waals surface area contributed by atoms with Gasteiger partial charge in [-0.25, -0.2) is 0 Å².